The summed E-state index contributed by atoms with van der Waals surface area (Å²) in [5, 5.41) is 1.78. The molecule has 6 rings (SSSR count). The second kappa shape index (κ2) is 7.81. The molecule has 0 saturated carbocycles. The number of furan rings is 1. The highest BCUT2D eigenvalue weighted by molar-refractivity contribution is 6.42. The highest BCUT2D eigenvalue weighted by Gasteiger charge is 2.34. The van der Waals surface area contributed by atoms with Gasteiger partial charge < -0.3 is 8.98 Å². The molecule has 4 nitrogen and oxygen atoms in total. The fraction of sp³-hybridized carbons (Fsp3) is 0.103. The number of allylic oxidation sites excluding steroid dienone is 1. The molecule has 36 heavy (non-hydrogen) atoms. The van der Waals surface area contributed by atoms with Crippen LogP contribution < -0.4 is 0 Å². The van der Waals surface area contributed by atoms with Gasteiger partial charge in [-0.2, -0.15) is 13.2 Å². The SMILES string of the molecule is CCn1c(C=C2C(=O)c3cc4ccccc4cc3C2=O)cc2oc(-c3ccc(C(F)(F)F)cc3)cc21. The number of rotatable bonds is 3. The summed E-state index contributed by atoms with van der Waals surface area (Å²) in [5.41, 5.74) is 2.55. The van der Waals surface area contributed by atoms with Crippen molar-refractivity contribution in [3.05, 3.63) is 101 Å². The van der Waals surface area contributed by atoms with Gasteiger partial charge >= 0.3 is 6.18 Å². The Hall–Kier alpha value is -4.39. The van der Waals surface area contributed by atoms with E-state index in [2.05, 4.69) is 0 Å². The monoisotopic (exact) mass is 485 g/mol. The molecular weight excluding hydrogens is 467 g/mol. The molecule has 5 aromatic rings. The Morgan fingerprint density at radius 2 is 1.47 bits per heavy atom. The first-order valence-electron chi connectivity index (χ1n) is 11.4. The van der Waals surface area contributed by atoms with Crippen molar-refractivity contribution in [2.24, 2.45) is 0 Å². The zero-order valence-electron chi connectivity index (χ0n) is 19.0. The molecule has 0 N–H and O–H groups in total. The molecule has 0 unspecified atom stereocenters. The van der Waals surface area contributed by atoms with Gasteiger partial charge in [-0.1, -0.05) is 36.4 Å². The van der Waals surface area contributed by atoms with Gasteiger partial charge in [0, 0.05) is 41.1 Å². The number of Topliss-reactive ketones (excluding diaryl/α,β-unsaturated/α-hetero) is 2. The van der Waals surface area contributed by atoms with Crippen LogP contribution in [0, 0.1) is 0 Å². The number of alkyl halides is 3. The van der Waals surface area contributed by atoms with Crippen molar-refractivity contribution in [2.45, 2.75) is 19.6 Å². The number of halogens is 3. The van der Waals surface area contributed by atoms with E-state index < -0.39 is 11.7 Å². The number of carbonyl (C=O) groups is 2. The number of nitrogens with zero attached hydrogens (tertiary/aromatic N) is 1. The molecule has 0 fully saturated rings. The molecule has 2 heterocycles. The number of carbonyl (C=O) groups excluding carboxylic acids is 2. The number of hydrogen-bond donors (Lipinski definition) is 0. The lowest BCUT2D eigenvalue weighted by Gasteiger charge is -2.06. The van der Waals surface area contributed by atoms with Crippen molar-refractivity contribution >= 4 is 39.5 Å². The summed E-state index contributed by atoms with van der Waals surface area (Å²) < 4.78 is 46.5. The molecule has 0 amide bonds. The maximum absolute atomic E-state index is 13.1. The maximum Gasteiger partial charge on any atom is 0.416 e. The minimum atomic E-state index is -4.41. The second-order valence-electron chi connectivity index (χ2n) is 8.71. The highest BCUT2D eigenvalue weighted by Crippen LogP contribution is 2.36. The molecule has 1 aliphatic carbocycles. The van der Waals surface area contributed by atoms with E-state index in [1.54, 1.807) is 30.3 Å². The fourth-order valence-corrected chi connectivity index (χ4v) is 4.79. The van der Waals surface area contributed by atoms with Gasteiger partial charge in [-0.15, -0.1) is 0 Å². The van der Waals surface area contributed by atoms with Crippen LogP contribution in [0.5, 0.6) is 0 Å². The zero-order chi connectivity index (χ0) is 25.2. The molecule has 0 saturated heterocycles. The maximum atomic E-state index is 13.1. The third kappa shape index (κ3) is 3.39. The van der Waals surface area contributed by atoms with E-state index in [0.717, 1.165) is 28.4 Å². The van der Waals surface area contributed by atoms with Gasteiger partial charge in [0.25, 0.3) is 0 Å². The van der Waals surface area contributed by atoms with Crippen molar-refractivity contribution < 1.29 is 27.2 Å². The molecule has 0 bridgehead atoms. The van der Waals surface area contributed by atoms with Crippen LogP contribution in [-0.2, 0) is 12.7 Å². The average Bonchev–Trinajstić information content (AvgIpc) is 3.48. The van der Waals surface area contributed by atoms with Gasteiger partial charge in [-0.3, -0.25) is 9.59 Å². The van der Waals surface area contributed by atoms with E-state index in [1.165, 1.54) is 12.1 Å². The minimum absolute atomic E-state index is 0.0955. The van der Waals surface area contributed by atoms with Crippen molar-refractivity contribution in [3.63, 3.8) is 0 Å². The molecule has 0 aliphatic heterocycles. The van der Waals surface area contributed by atoms with E-state index in [1.807, 2.05) is 35.8 Å². The van der Waals surface area contributed by atoms with E-state index in [-0.39, 0.29) is 17.1 Å². The van der Waals surface area contributed by atoms with Crippen molar-refractivity contribution in [1.82, 2.24) is 4.57 Å². The smallest absolute Gasteiger partial charge is 0.416 e. The van der Waals surface area contributed by atoms with Crippen LogP contribution in [0.3, 0.4) is 0 Å². The third-order valence-corrected chi connectivity index (χ3v) is 6.59. The molecule has 0 radical (unpaired) electrons. The lowest BCUT2D eigenvalue weighted by atomic mass is 10.0. The average molecular weight is 485 g/mol. The summed E-state index contributed by atoms with van der Waals surface area (Å²) in [6.45, 7) is 2.46. The first kappa shape index (κ1) is 22.1. The van der Waals surface area contributed by atoms with Gasteiger partial charge in [-0.05, 0) is 48.0 Å². The number of ketones is 2. The van der Waals surface area contributed by atoms with E-state index in [9.17, 15) is 22.8 Å². The van der Waals surface area contributed by atoms with Gasteiger partial charge in [0.15, 0.2) is 17.1 Å². The van der Waals surface area contributed by atoms with Crippen LogP contribution in [0.15, 0.2) is 82.8 Å². The Kier molecular flexibility index (Phi) is 4.80. The van der Waals surface area contributed by atoms with Crippen LogP contribution in [0.1, 0.15) is 38.9 Å². The Labute approximate surface area is 203 Å². The van der Waals surface area contributed by atoms with Gasteiger partial charge in [-0.25, -0.2) is 0 Å². The van der Waals surface area contributed by atoms with Crippen LogP contribution in [0.2, 0.25) is 0 Å². The summed E-state index contributed by atoms with van der Waals surface area (Å²) in [5.74, 6) is -0.194. The van der Waals surface area contributed by atoms with E-state index >= 15 is 0 Å². The molecular formula is C29H18F3NO3. The Morgan fingerprint density at radius 3 is 2.03 bits per heavy atom. The number of fused-ring (bicyclic) bond motifs is 3. The lowest BCUT2D eigenvalue weighted by Crippen LogP contribution is -2.03. The quantitative estimate of drug-likeness (QED) is 0.196. The number of aryl methyl sites for hydroxylation is 1. The second-order valence-corrected chi connectivity index (χ2v) is 8.71. The standard InChI is InChI=1S/C29H18F3NO3/c1-2-33-20(13-23-27(34)21-11-17-5-3-4-6-18(17)12-22(21)28(23)35)14-26-24(33)15-25(36-26)16-7-9-19(10-8-16)29(30,31)32/h3-15H,2H2,1H3. The van der Waals surface area contributed by atoms with E-state index in [4.69, 9.17) is 4.42 Å². The summed E-state index contributed by atoms with van der Waals surface area (Å²) in [4.78, 5) is 26.3. The largest absolute Gasteiger partial charge is 0.454 e. The molecule has 0 atom stereocenters. The molecule has 7 heteroatoms. The number of benzene rings is 3. The summed E-state index contributed by atoms with van der Waals surface area (Å²) in [6, 6.07) is 19.4. The third-order valence-electron chi connectivity index (χ3n) is 6.59. The van der Waals surface area contributed by atoms with Crippen LogP contribution in [0.4, 0.5) is 13.2 Å². The van der Waals surface area contributed by atoms with Crippen LogP contribution >= 0.6 is 0 Å². The number of hydrogen-bond acceptors (Lipinski definition) is 3. The van der Waals surface area contributed by atoms with Crippen molar-refractivity contribution in [2.75, 3.05) is 0 Å². The molecule has 3 aromatic carbocycles. The Balaban J connectivity index is 1.39. The first-order chi connectivity index (χ1) is 17.2. The number of aromatic nitrogens is 1. The van der Waals surface area contributed by atoms with E-state index in [0.29, 0.717) is 40.3 Å². The van der Waals surface area contributed by atoms with Gasteiger partial charge in [0.05, 0.1) is 16.7 Å². The Bertz CT molecular complexity index is 1680. The van der Waals surface area contributed by atoms with Crippen molar-refractivity contribution in [3.8, 4) is 11.3 Å². The van der Waals surface area contributed by atoms with Crippen molar-refractivity contribution in [1.29, 1.82) is 0 Å². The minimum Gasteiger partial charge on any atom is -0.454 e. The topological polar surface area (TPSA) is 52.2 Å². The summed E-state index contributed by atoms with van der Waals surface area (Å²) in [7, 11) is 0. The summed E-state index contributed by atoms with van der Waals surface area (Å²) >= 11 is 0. The van der Waals surface area contributed by atoms with Crippen LogP contribution in [-0.4, -0.2) is 16.1 Å². The fourth-order valence-electron chi connectivity index (χ4n) is 4.79. The predicted molar refractivity (Wildman–Crippen MR) is 131 cm³/mol. The molecule has 2 aromatic heterocycles. The first-order valence-corrected chi connectivity index (χ1v) is 11.4. The molecule has 178 valence electrons. The normalized spacial score (nSPS) is 13.7. The highest BCUT2D eigenvalue weighted by atomic mass is 19.4. The Morgan fingerprint density at radius 1 is 0.861 bits per heavy atom. The molecule has 1 aliphatic rings. The van der Waals surface area contributed by atoms with Gasteiger partial charge in [0.1, 0.15) is 5.76 Å². The van der Waals surface area contributed by atoms with Crippen LogP contribution in [0.25, 0.3) is 39.3 Å². The zero-order valence-corrected chi connectivity index (χ0v) is 19.0. The lowest BCUT2D eigenvalue weighted by molar-refractivity contribution is -0.137. The molecule has 0 spiro atoms. The summed E-state index contributed by atoms with van der Waals surface area (Å²) in [6.07, 6.45) is -2.82. The van der Waals surface area contributed by atoms with Gasteiger partial charge in [0.2, 0.25) is 0 Å². The predicted octanol–water partition coefficient (Wildman–Crippen LogP) is 7.56.